The zero-order valence-electron chi connectivity index (χ0n) is 11.3. The van der Waals surface area contributed by atoms with Gasteiger partial charge in [-0.3, -0.25) is 4.79 Å². The van der Waals surface area contributed by atoms with E-state index in [0.29, 0.717) is 44.1 Å². The quantitative estimate of drug-likeness (QED) is 0.782. The number of alkyl halides is 2. The number of nitrogens with zero attached hydrogens (tertiary/aromatic N) is 4. The highest BCUT2D eigenvalue weighted by molar-refractivity contribution is 5.87. The average molecular weight is 286 g/mol. The lowest BCUT2D eigenvalue weighted by atomic mass is 10.3. The molecule has 1 aliphatic rings. The summed E-state index contributed by atoms with van der Waals surface area (Å²) >= 11 is 0. The van der Waals surface area contributed by atoms with Crippen molar-refractivity contribution < 1.29 is 18.1 Å². The zero-order chi connectivity index (χ0) is 14.8. The lowest BCUT2D eigenvalue weighted by Crippen LogP contribution is -2.48. The van der Waals surface area contributed by atoms with E-state index in [-0.39, 0.29) is 0 Å². The van der Waals surface area contributed by atoms with Crippen LogP contribution in [0.3, 0.4) is 0 Å². The van der Waals surface area contributed by atoms with Gasteiger partial charge in [-0.05, 0) is 11.2 Å². The summed E-state index contributed by atoms with van der Waals surface area (Å²) in [6, 6.07) is 0. The minimum absolute atomic E-state index is 0.407. The van der Waals surface area contributed by atoms with Gasteiger partial charge in [-0.2, -0.15) is 4.98 Å². The summed E-state index contributed by atoms with van der Waals surface area (Å²) in [5.41, 5.74) is 0. The Hall–Kier alpha value is -1.99. The van der Waals surface area contributed by atoms with Crippen LogP contribution in [-0.4, -0.2) is 53.0 Å². The molecule has 0 atom stereocenters. The van der Waals surface area contributed by atoms with Gasteiger partial charge in [0, 0.05) is 46.1 Å². The lowest BCUT2D eigenvalue weighted by Gasteiger charge is -2.33. The standard InChI is InChI=1S/C12H16F2N4O2/c1-9-15-11(16-20-9)18-7-5-17(6-8-18)10(19)3-4-12(2,13)14/h3-4H,5-8H2,1-2H3. The van der Waals surface area contributed by atoms with Crippen molar-refractivity contribution in [3.63, 3.8) is 0 Å². The second-order valence-electron chi connectivity index (χ2n) is 4.72. The fourth-order valence-corrected chi connectivity index (χ4v) is 1.87. The molecule has 0 aromatic carbocycles. The van der Waals surface area contributed by atoms with Crippen molar-refractivity contribution in [1.29, 1.82) is 0 Å². The molecule has 110 valence electrons. The summed E-state index contributed by atoms with van der Waals surface area (Å²) in [5, 5.41) is 3.80. The normalized spacial score (nSPS) is 17.0. The highest BCUT2D eigenvalue weighted by atomic mass is 19.3. The first-order chi connectivity index (χ1) is 9.35. The number of halogens is 2. The number of amides is 1. The summed E-state index contributed by atoms with van der Waals surface area (Å²) in [6.45, 7) is 4.40. The molecule has 0 aliphatic carbocycles. The van der Waals surface area contributed by atoms with E-state index in [0.717, 1.165) is 13.0 Å². The molecular formula is C12H16F2N4O2. The molecule has 2 rings (SSSR count). The van der Waals surface area contributed by atoms with Crippen LogP contribution in [0.15, 0.2) is 16.7 Å². The molecule has 0 radical (unpaired) electrons. The van der Waals surface area contributed by atoms with E-state index in [1.165, 1.54) is 4.90 Å². The Morgan fingerprint density at radius 1 is 1.35 bits per heavy atom. The van der Waals surface area contributed by atoms with Crippen molar-refractivity contribution in [2.45, 2.75) is 19.8 Å². The van der Waals surface area contributed by atoms with E-state index < -0.39 is 11.8 Å². The van der Waals surface area contributed by atoms with Gasteiger partial charge < -0.3 is 14.3 Å². The average Bonchev–Trinajstić information content (AvgIpc) is 2.82. The van der Waals surface area contributed by atoms with Crippen LogP contribution in [0.5, 0.6) is 0 Å². The van der Waals surface area contributed by atoms with Crippen LogP contribution in [0.1, 0.15) is 12.8 Å². The number of hydrogen-bond donors (Lipinski definition) is 0. The second kappa shape index (κ2) is 5.56. The van der Waals surface area contributed by atoms with Crippen molar-refractivity contribution in [2.24, 2.45) is 0 Å². The fraction of sp³-hybridized carbons (Fsp3) is 0.583. The van der Waals surface area contributed by atoms with Gasteiger partial charge >= 0.3 is 0 Å². The molecule has 0 bridgehead atoms. The number of rotatable bonds is 3. The van der Waals surface area contributed by atoms with E-state index in [1.54, 1.807) is 6.92 Å². The first-order valence-electron chi connectivity index (χ1n) is 6.26. The maximum Gasteiger partial charge on any atom is 0.266 e. The largest absolute Gasteiger partial charge is 0.338 e. The van der Waals surface area contributed by atoms with E-state index in [4.69, 9.17) is 4.52 Å². The predicted molar refractivity (Wildman–Crippen MR) is 67.6 cm³/mol. The number of aromatic nitrogens is 2. The van der Waals surface area contributed by atoms with Crippen LogP contribution < -0.4 is 4.90 Å². The van der Waals surface area contributed by atoms with Gasteiger partial charge in [0.2, 0.25) is 11.8 Å². The summed E-state index contributed by atoms with van der Waals surface area (Å²) in [4.78, 5) is 19.2. The molecule has 6 nitrogen and oxygen atoms in total. The smallest absolute Gasteiger partial charge is 0.266 e. The molecule has 0 N–H and O–H groups in total. The third-order valence-electron chi connectivity index (χ3n) is 2.91. The van der Waals surface area contributed by atoms with Crippen molar-refractivity contribution in [3.8, 4) is 0 Å². The number of carbonyl (C=O) groups is 1. The maximum atomic E-state index is 12.6. The topological polar surface area (TPSA) is 62.5 Å². The third-order valence-corrected chi connectivity index (χ3v) is 2.91. The molecule has 0 saturated carbocycles. The fourth-order valence-electron chi connectivity index (χ4n) is 1.87. The molecule has 1 saturated heterocycles. The van der Waals surface area contributed by atoms with E-state index in [1.807, 2.05) is 4.90 Å². The Labute approximate surface area is 115 Å². The molecule has 0 spiro atoms. The highest BCUT2D eigenvalue weighted by Crippen LogP contribution is 2.15. The monoisotopic (exact) mass is 286 g/mol. The van der Waals surface area contributed by atoms with Gasteiger partial charge in [0.05, 0.1) is 0 Å². The zero-order valence-corrected chi connectivity index (χ0v) is 11.3. The van der Waals surface area contributed by atoms with Crippen molar-refractivity contribution in [3.05, 3.63) is 18.0 Å². The number of anilines is 1. The van der Waals surface area contributed by atoms with Crippen LogP contribution in [0.2, 0.25) is 0 Å². The molecule has 1 aromatic heterocycles. The Morgan fingerprint density at radius 2 is 2.00 bits per heavy atom. The Bertz CT molecular complexity index is 502. The molecule has 20 heavy (non-hydrogen) atoms. The Morgan fingerprint density at radius 3 is 2.50 bits per heavy atom. The van der Waals surface area contributed by atoms with E-state index in [2.05, 4.69) is 10.1 Å². The van der Waals surface area contributed by atoms with Crippen LogP contribution in [-0.2, 0) is 4.79 Å². The Kier molecular flexibility index (Phi) is 4.01. The first-order valence-corrected chi connectivity index (χ1v) is 6.26. The number of carbonyl (C=O) groups excluding carboxylic acids is 1. The molecule has 1 aromatic rings. The minimum Gasteiger partial charge on any atom is -0.338 e. The van der Waals surface area contributed by atoms with Crippen LogP contribution >= 0.6 is 0 Å². The first kappa shape index (κ1) is 14.4. The van der Waals surface area contributed by atoms with Gasteiger partial charge in [-0.15, -0.1) is 0 Å². The van der Waals surface area contributed by atoms with Crippen LogP contribution in [0, 0.1) is 6.92 Å². The summed E-state index contributed by atoms with van der Waals surface area (Å²) in [5.74, 6) is -2.41. The molecule has 8 heteroatoms. The maximum absolute atomic E-state index is 12.6. The van der Waals surface area contributed by atoms with Gasteiger partial charge in [-0.1, -0.05) is 0 Å². The number of allylic oxidation sites excluding steroid dienone is 1. The molecule has 0 unspecified atom stereocenters. The lowest BCUT2D eigenvalue weighted by molar-refractivity contribution is -0.126. The van der Waals surface area contributed by atoms with Gasteiger partial charge in [-0.25, -0.2) is 8.78 Å². The molecule has 2 heterocycles. The van der Waals surface area contributed by atoms with Crippen molar-refractivity contribution >= 4 is 11.9 Å². The van der Waals surface area contributed by atoms with Crippen molar-refractivity contribution in [1.82, 2.24) is 15.0 Å². The molecule has 1 amide bonds. The summed E-state index contributed by atoms with van der Waals surface area (Å²) in [7, 11) is 0. The summed E-state index contributed by atoms with van der Waals surface area (Å²) < 4.78 is 30.2. The second-order valence-corrected chi connectivity index (χ2v) is 4.72. The third kappa shape index (κ3) is 3.75. The SMILES string of the molecule is Cc1nc(N2CCN(C(=O)C=CC(C)(F)F)CC2)no1. The van der Waals surface area contributed by atoms with Gasteiger partial charge in [0.15, 0.2) is 0 Å². The van der Waals surface area contributed by atoms with Crippen LogP contribution in [0.25, 0.3) is 0 Å². The van der Waals surface area contributed by atoms with Gasteiger partial charge in [0.25, 0.3) is 11.9 Å². The highest BCUT2D eigenvalue weighted by Gasteiger charge is 2.23. The van der Waals surface area contributed by atoms with Crippen molar-refractivity contribution in [2.75, 3.05) is 31.1 Å². The molecule has 1 aliphatic heterocycles. The number of aryl methyl sites for hydroxylation is 1. The number of piperazine rings is 1. The van der Waals surface area contributed by atoms with Gasteiger partial charge in [0.1, 0.15) is 0 Å². The molecule has 1 fully saturated rings. The van der Waals surface area contributed by atoms with E-state index in [9.17, 15) is 13.6 Å². The number of hydrogen-bond acceptors (Lipinski definition) is 5. The molecular weight excluding hydrogens is 270 g/mol. The van der Waals surface area contributed by atoms with E-state index >= 15 is 0 Å². The van der Waals surface area contributed by atoms with Crippen LogP contribution in [0.4, 0.5) is 14.7 Å². The minimum atomic E-state index is -2.97. The Balaban J connectivity index is 1.88. The predicted octanol–water partition coefficient (Wildman–Crippen LogP) is 1.24. The summed E-state index contributed by atoms with van der Waals surface area (Å²) in [6.07, 6.45) is 1.54.